The van der Waals surface area contributed by atoms with Crippen molar-refractivity contribution in [1.82, 2.24) is 15.3 Å². The van der Waals surface area contributed by atoms with Crippen molar-refractivity contribution >= 4 is 38.7 Å². The van der Waals surface area contributed by atoms with Gasteiger partial charge in [-0.15, -0.1) is 11.3 Å². The number of carbonyl (C=O) groups excluding carboxylic acids is 1. The number of rotatable bonds is 8. The third kappa shape index (κ3) is 4.11. The van der Waals surface area contributed by atoms with Crippen LogP contribution in [0.1, 0.15) is 60.0 Å². The number of amides is 1. The van der Waals surface area contributed by atoms with Crippen molar-refractivity contribution in [2.45, 2.75) is 48.7 Å². The molecule has 0 bridgehead atoms. The largest absolute Gasteiger partial charge is 0.434 e. The van der Waals surface area contributed by atoms with E-state index in [-0.39, 0.29) is 23.0 Å². The van der Waals surface area contributed by atoms with E-state index in [1.807, 2.05) is 30.5 Å². The van der Waals surface area contributed by atoms with Gasteiger partial charge in [0.2, 0.25) is 11.7 Å². The highest BCUT2D eigenvalue weighted by atomic mass is 35.5. The molecular weight excluding hydrogens is 482 g/mol. The highest BCUT2D eigenvalue weighted by molar-refractivity contribution is 7.91. The van der Waals surface area contributed by atoms with Gasteiger partial charge in [0.05, 0.1) is 16.1 Å². The molecule has 0 aliphatic heterocycles. The van der Waals surface area contributed by atoms with Gasteiger partial charge in [0.15, 0.2) is 9.84 Å². The maximum Gasteiger partial charge on any atom is 0.288 e. The molecule has 33 heavy (non-hydrogen) atoms. The Labute approximate surface area is 201 Å². The number of sulfone groups is 1. The third-order valence-electron chi connectivity index (χ3n) is 6.82. The van der Waals surface area contributed by atoms with Gasteiger partial charge in [0.25, 0.3) is 5.91 Å². The molecule has 174 valence electrons. The predicted molar refractivity (Wildman–Crippen MR) is 127 cm³/mol. The number of nitrogens with zero attached hydrogens (tertiary/aromatic N) is 2. The minimum atomic E-state index is -3.34. The second kappa shape index (κ2) is 8.21. The topological polar surface area (TPSA) is 102 Å². The summed E-state index contributed by atoms with van der Waals surface area (Å²) in [5.41, 5.74) is 1.07. The first-order valence-electron chi connectivity index (χ1n) is 10.9. The quantitative estimate of drug-likeness (QED) is 0.475. The summed E-state index contributed by atoms with van der Waals surface area (Å²) in [6.07, 6.45) is 9.35. The zero-order valence-corrected chi connectivity index (χ0v) is 20.5. The molecule has 5 rings (SSSR count). The van der Waals surface area contributed by atoms with Gasteiger partial charge in [-0.1, -0.05) is 30.2 Å². The van der Waals surface area contributed by atoms with Crippen molar-refractivity contribution in [3.8, 4) is 10.4 Å². The van der Waals surface area contributed by atoms with E-state index in [9.17, 15) is 13.2 Å². The van der Waals surface area contributed by atoms with E-state index in [1.165, 1.54) is 12.5 Å². The fourth-order valence-electron chi connectivity index (χ4n) is 4.39. The van der Waals surface area contributed by atoms with Crippen LogP contribution in [0.15, 0.2) is 41.1 Å². The van der Waals surface area contributed by atoms with E-state index in [2.05, 4.69) is 10.3 Å². The number of halogens is 1. The summed E-state index contributed by atoms with van der Waals surface area (Å²) in [5.74, 6) is -0.224. The van der Waals surface area contributed by atoms with E-state index < -0.39 is 14.6 Å². The fourth-order valence-corrected chi connectivity index (χ4v) is 6.97. The molecule has 1 N–H and O–H groups in total. The molecule has 0 unspecified atom stereocenters. The van der Waals surface area contributed by atoms with Crippen molar-refractivity contribution in [2.24, 2.45) is 0 Å². The summed E-state index contributed by atoms with van der Waals surface area (Å²) < 4.78 is 28.6. The predicted octanol–water partition coefficient (Wildman–Crippen LogP) is 4.73. The molecule has 2 aliphatic carbocycles. The number of nitrogens with one attached hydrogen (secondary N) is 1. The smallest absolute Gasteiger partial charge is 0.288 e. The number of thiazole rings is 1. The molecular formula is C23H24ClN3O4S2. The maximum atomic E-state index is 12.6. The highest BCUT2D eigenvalue weighted by Gasteiger charge is 2.57. The van der Waals surface area contributed by atoms with Crippen LogP contribution < -0.4 is 5.32 Å². The lowest BCUT2D eigenvalue weighted by molar-refractivity contribution is 0.0915. The maximum absolute atomic E-state index is 12.6. The summed E-state index contributed by atoms with van der Waals surface area (Å²) in [7, 11) is -3.34. The van der Waals surface area contributed by atoms with Crippen molar-refractivity contribution in [2.75, 3.05) is 12.8 Å². The molecule has 10 heteroatoms. The standard InChI is InChI=1S/C23H24ClN3O4S2/c1-33(29,30)23(9-10-23)20-26-13-17(31-20)19(28)25-12-11-22(7-2-8-22)21-27-14-18(32-21)15-3-5-16(24)6-4-15/h3-6,13-14H,2,7-12H2,1H3,(H,25,28). The molecule has 0 radical (unpaired) electrons. The molecule has 0 atom stereocenters. The van der Waals surface area contributed by atoms with E-state index in [0.29, 0.717) is 24.4 Å². The first-order valence-corrected chi connectivity index (χ1v) is 14.0. The van der Waals surface area contributed by atoms with E-state index in [4.69, 9.17) is 21.0 Å². The van der Waals surface area contributed by atoms with Crippen LogP contribution in [0.3, 0.4) is 0 Å². The average Bonchev–Trinajstić information content (AvgIpc) is 3.19. The van der Waals surface area contributed by atoms with Gasteiger partial charge >= 0.3 is 0 Å². The van der Waals surface area contributed by atoms with Crippen LogP contribution in [0.2, 0.25) is 5.02 Å². The number of hydrogen-bond donors (Lipinski definition) is 1. The molecule has 2 fully saturated rings. The van der Waals surface area contributed by atoms with Crippen molar-refractivity contribution in [3.63, 3.8) is 0 Å². The molecule has 0 saturated heterocycles. The third-order valence-corrected chi connectivity index (χ3v) is 10.4. The Morgan fingerprint density at radius 1 is 1.15 bits per heavy atom. The van der Waals surface area contributed by atoms with Gasteiger partial charge in [-0.2, -0.15) is 0 Å². The first-order chi connectivity index (χ1) is 15.7. The Morgan fingerprint density at radius 2 is 1.88 bits per heavy atom. The normalized spacial score (nSPS) is 18.5. The van der Waals surface area contributed by atoms with E-state index in [1.54, 1.807) is 11.3 Å². The van der Waals surface area contributed by atoms with Crippen molar-refractivity contribution < 1.29 is 17.6 Å². The van der Waals surface area contributed by atoms with Crippen LogP contribution >= 0.6 is 22.9 Å². The van der Waals surface area contributed by atoms with Crippen LogP contribution in [0.25, 0.3) is 10.4 Å². The SMILES string of the molecule is CS(=O)(=O)C1(c2ncc(C(=O)NCCC3(c4ncc(-c5ccc(Cl)cc5)s4)CCC3)o2)CC1. The molecule has 2 aliphatic rings. The van der Waals surface area contributed by atoms with Crippen molar-refractivity contribution in [1.29, 1.82) is 0 Å². The van der Waals surface area contributed by atoms with E-state index >= 15 is 0 Å². The van der Waals surface area contributed by atoms with Gasteiger partial charge in [-0.05, 0) is 49.8 Å². The zero-order chi connectivity index (χ0) is 23.3. The summed E-state index contributed by atoms with van der Waals surface area (Å²) in [6.45, 7) is 0.474. The van der Waals surface area contributed by atoms with Crippen LogP contribution in [-0.2, 0) is 20.0 Å². The van der Waals surface area contributed by atoms with Gasteiger partial charge < -0.3 is 9.73 Å². The minimum Gasteiger partial charge on any atom is -0.434 e. The zero-order valence-electron chi connectivity index (χ0n) is 18.1. The number of hydrogen-bond acceptors (Lipinski definition) is 7. The van der Waals surface area contributed by atoms with Crippen LogP contribution in [0, 0.1) is 0 Å². The Kier molecular flexibility index (Phi) is 5.61. The second-order valence-corrected chi connectivity index (χ2v) is 12.8. The monoisotopic (exact) mass is 505 g/mol. The molecule has 3 aromatic rings. The highest BCUT2D eigenvalue weighted by Crippen LogP contribution is 2.52. The molecule has 2 aromatic heterocycles. The molecule has 1 amide bonds. The molecule has 1 aromatic carbocycles. The molecule has 2 saturated carbocycles. The Balaban J connectivity index is 1.22. The second-order valence-electron chi connectivity index (χ2n) is 8.97. The number of carbonyl (C=O) groups is 1. The number of oxazole rings is 1. The summed E-state index contributed by atoms with van der Waals surface area (Å²) in [6, 6.07) is 7.74. The Morgan fingerprint density at radius 3 is 2.48 bits per heavy atom. The lowest BCUT2D eigenvalue weighted by atomic mass is 9.67. The van der Waals surface area contributed by atoms with Crippen molar-refractivity contribution in [3.05, 3.63) is 58.3 Å². The molecule has 0 spiro atoms. The average molecular weight is 506 g/mol. The van der Waals surface area contributed by atoms with Crippen LogP contribution in [0.4, 0.5) is 0 Å². The minimum absolute atomic E-state index is 0.0242. The van der Waals surface area contributed by atoms with Gasteiger partial charge in [0, 0.05) is 29.4 Å². The fraction of sp³-hybridized carbons (Fsp3) is 0.435. The lowest BCUT2D eigenvalue weighted by Gasteiger charge is -2.40. The lowest BCUT2D eigenvalue weighted by Crippen LogP contribution is -2.38. The van der Waals surface area contributed by atoms with Crippen LogP contribution in [-0.4, -0.2) is 37.1 Å². The van der Waals surface area contributed by atoms with Gasteiger partial charge in [-0.3, -0.25) is 4.79 Å². The number of benzene rings is 1. The summed E-state index contributed by atoms with van der Waals surface area (Å²) in [5, 5.41) is 4.70. The van der Waals surface area contributed by atoms with Crippen LogP contribution in [0.5, 0.6) is 0 Å². The molecule has 7 nitrogen and oxygen atoms in total. The summed E-state index contributed by atoms with van der Waals surface area (Å²) in [4.78, 5) is 22.5. The Hall–Kier alpha value is -2.23. The van der Waals surface area contributed by atoms with E-state index in [0.717, 1.165) is 41.1 Å². The Bertz CT molecular complexity index is 1290. The van der Waals surface area contributed by atoms with Gasteiger partial charge in [-0.25, -0.2) is 18.4 Å². The summed E-state index contributed by atoms with van der Waals surface area (Å²) >= 11 is 7.69. The number of aromatic nitrogens is 2. The first kappa shape index (κ1) is 22.6. The van der Waals surface area contributed by atoms with Gasteiger partial charge in [0.1, 0.15) is 4.75 Å². The molecule has 2 heterocycles.